The van der Waals surface area contributed by atoms with Gasteiger partial charge in [-0.15, -0.1) is 0 Å². The van der Waals surface area contributed by atoms with E-state index in [4.69, 9.17) is 10.2 Å². The van der Waals surface area contributed by atoms with E-state index >= 15 is 0 Å². The molecule has 0 aliphatic heterocycles. The van der Waals surface area contributed by atoms with Crippen LogP contribution in [0.3, 0.4) is 0 Å². The molecule has 1 amide bonds. The van der Waals surface area contributed by atoms with Gasteiger partial charge in [-0.1, -0.05) is 6.92 Å². The van der Waals surface area contributed by atoms with E-state index in [1.54, 1.807) is 12.3 Å². The Balaban J connectivity index is 2.22. The molecule has 4 nitrogen and oxygen atoms in total. The largest absolute Gasteiger partial charge is 0.467 e. The summed E-state index contributed by atoms with van der Waals surface area (Å²) in [5, 5.41) is 2.76. The minimum atomic E-state index is 0.0133. The van der Waals surface area contributed by atoms with Gasteiger partial charge in [-0.05, 0) is 24.6 Å². The van der Waals surface area contributed by atoms with E-state index in [9.17, 15) is 4.79 Å². The van der Waals surface area contributed by atoms with Gasteiger partial charge in [0.15, 0.2) is 0 Å². The van der Waals surface area contributed by atoms with Crippen LogP contribution in [0.4, 0.5) is 0 Å². The molecule has 1 aromatic heterocycles. The maximum Gasteiger partial charge on any atom is 0.220 e. The lowest BCUT2D eigenvalue weighted by atomic mass is 10.1. The highest BCUT2D eigenvalue weighted by Gasteiger charge is 2.07. The van der Waals surface area contributed by atoms with Gasteiger partial charge in [0, 0.05) is 6.42 Å². The molecule has 78 valence electrons. The first kappa shape index (κ1) is 10.8. The molecule has 1 atom stereocenters. The van der Waals surface area contributed by atoms with Gasteiger partial charge in [0.1, 0.15) is 5.76 Å². The van der Waals surface area contributed by atoms with E-state index in [1.807, 2.05) is 13.0 Å². The van der Waals surface area contributed by atoms with E-state index in [1.165, 1.54) is 0 Å². The first-order valence-electron chi connectivity index (χ1n) is 4.71. The molecule has 3 N–H and O–H groups in total. The molecular formula is C10H16N2O2. The molecule has 0 saturated heterocycles. The summed E-state index contributed by atoms with van der Waals surface area (Å²) in [5.74, 6) is 1.00. The van der Waals surface area contributed by atoms with Crippen molar-refractivity contribution in [2.45, 2.75) is 19.9 Å². The molecule has 0 aliphatic carbocycles. The monoisotopic (exact) mass is 196 g/mol. The third-order valence-electron chi connectivity index (χ3n) is 1.98. The van der Waals surface area contributed by atoms with Gasteiger partial charge in [-0.2, -0.15) is 0 Å². The highest BCUT2D eigenvalue weighted by molar-refractivity contribution is 5.76. The van der Waals surface area contributed by atoms with Crippen LogP contribution in [0, 0.1) is 5.92 Å². The molecule has 0 saturated carbocycles. The zero-order valence-corrected chi connectivity index (χ0v) is 8.32. The first-order valence-corrected chi connectivity index (χ1v) is 4.71. The summed E-state index contributed by atoms with van der Waals surface area (Å²) in [6.07, 6.45) is 2.06. The Morgan fingerprint density at radius 2 is 2.50 bits per heavy atom. The second-order valence-electron chi connectivity index (χ2n) is 3.40. The summed E-state index contributed by atoms with van der Waals surface area (Å²) in [6.45, 7) is 2.93. The zero-order chi connectivity index (χ0) is 10.4. The summed E-state index contributed by atoms with van der Waals surface area (Å²) < 4.78 is 5.08. The highest BCUT2D eigenvalue weighted by atomic mass is 16.3. The number of nitrogens with two attached hydrogens (primary N) is 1. The summed E-state index contributed by atoms with van der Waals surface area (Å²) in [4.78, 5) is 11.3. The van der Waals surface area contributed by atoms with Crippen LogP contribution in [0.1, 0.15) is 19.1 Å². The van der Waals surface area contributed by atoms with Crippen LogP contribution in [0.5, 0.6) is 0 Å². The number of carbonyl (C=O) groups is 1. The van der Waals surface area contributed by atoms with Gasteiger partial charge < -0.3 is 15.5 Å². The maximum absolute atomic E-state index is 11.3. The van der Waals surface area contributed by atoms with Crippen LogP contribution >= 0.6 is 0 Å². The van der Waals surface area contributed by atoms with Crippen molar-refractivity contribution in [1.82, 2.24) is 5.32 Å². The van der Waals surface area contributed by atoms with E-state index in [0.29, 0.717) is 19.5 Å². The van der Waals surface area contributed by atoms with Crippen LogP contribution in [-0.2, 0) is 11.3 Å². The molecule has 14 heavy (non-hydrogen) atoms. The van der Waals surface area contributed by atoms with E-state index in [-0.39, 0.29) is 11.8 Å². The number of amides is 1. The molecule has 0 aliphatic rings. The van der Waals surface area contributed by atoms with Gasteiger partial charge in [0.05, 0.1) is 12.8 Å². The number of rotatable bonds is 5. The second-order valence-corrected chi connectivity index (χ2v) is 3.40. The maximum atomic E-state index is 11.3. The van der Waals surface area contributed by atoms with Crippen LogP contribution < -0.4 is 11.1 Å². The van der Waals surface area contributed by atoms with Crippen LogP contribution in [0.25, 0.3) is 0 Å². The molecule has 0 fully saturated rings. The van der Waals surface area contributed by atoms with Crippen molar-refractivity contribution in [3.05, 3.63) is 24.2 Å². The molecule has 0 aromatic carbocycles. The van der Waals surface area contributed by atoms with Crippen molar-refractivity contribution < 1.29 is 9.21 Å². The Kier molecular flexibility index (Phi) is 4.19. The Labute approximate surface area is 83.5 Å². The van der Waals surface area contributed by atoms with E-state index in [2.05, 4.69) is 5.32 Å². The lowest BCUT2D eigenvalue weighted by Gasteiger charge is -2.07. The molecule has 0 spiro atoms. The van der Waals surface area contributed by atoms with Crippen LogP contribution in [-0.4, -0.2) is 12.5 Å². The van der Waals surface area contributed by atoms with Crippen molar-refractivity contribution >= 4 is 5.91 Å². The molecule has 4 heteroatoms. The average molecular weight is 196 g/mol. The smallest absolute Gasteiger partial charge is 0.220 e. The lowest BCUT2D eigenvalue weighted by Crippen LogP contribution is -2.26. The van der Waals surface area contributed by atoms with Gasteiger partial charge in [0.2, 0.25) is 5.91 Å². The van der Waals surface area contributed by atoms with Gasteiger partial charge in [-0.25, -0.2) is 0 Å². The molecule has 1 heterocycles. The fourth-order valence-corrected chi connectivity index (χ4v) is 1.07. The molecule has 1 rings (SSSR count). The van der Waals surface area contributed by atoms with Gasteiger partial charge in [-0.3, -0.25) is 4.79 Å². The summed E-state index contributed by atoms with van der Waals surface area (Å²) in [7, 11) is 0. The Morgan fingerprint density at radius 3 is 3.07 bits per heavy atom. The van der Waals surface area contributed by atoms with E-state index < -0.39 is 0 Å². The Morgan fingerprint density at radius 1 is 1.71 bits per heavy atom. The number of hydrogen-bond acceptors (Lipinski definition) is 3. The predicted octanol–water partition coefficient (Wildman–Crippen LogP) is 0.881. The molecular weight excluding hydrogens is 180 g/mol. The quantitative estimate of drug-likeness (QED) is 0.734. The van der Waals surface area contributed by atoms with Crippen molar-refractivity contribution in [2.24, 2.45) is 11.7 Å². The molecule has 1 aromatic rings. The first-order chi connectivity index (χ1) is 6.72. The summed E-state index contributed by atoms with van der Waals surface area (Å²) in [6, 6.07) is 3.62. The van der Waals surface area contributed by atoms with Crippen LogP contribution in [0.15, 0.2) is 22.8 Å². The topological polar surface area (TPSA) is 68.3 Å². The minimum Gasteiger partial charge on any atom is -0.467 e. The molecule has 0 bridgehead atoms. The minimum absolute atomic E-state index is 0.0133. The van der Waals surface area contributed by atoms with Gasteiger partial charge in [0.25, 0.3) is 0 Å². The second kappa shape index (κ2) is 5.44. The molecule has 0 radical (unpaired) electrons. The Bertz CT molecular complexity index is 270. The number of furan rings is 1. The summed E-state index contributed by atoms with van der Waals surface area (Å²) in [5.41, 5.74) is 5.41. The number of nitrogens with one attached hydrogen (secondary N) is 1. The standard InChI is InChI=1S/C10H16N2O2/c1-8(6-11)5-10(13)12-7-9-3-2-4-14-9/h2-4,8H,5-7,11H2,1H3,(H,12,13). The lowest BCUT2D eigenvalue weighted by molar-refractivity contribution is -0.122. The van der Waals surface area contributed by atoms with Crippen molar-refractivity contribution in [2.75, 3.05) is 6.54 Å². The summed E-state index contributed by atoms with van der Waals surface area (Å²) >= 11 is 0. The Hall–Kier alpha value is -1.29. The predicted molar refractivity (Wildman–Crippen MR) is 53.4 cm³/mol. The van der Waals surface area contributed by atoms with Gasteiger partial charge >= 0.3 is 0 Å². The van der Waals surface area contributed by atoms with Crippen molar-refractivity contribution in [1.29, 1.82) is 0 Å². The average Bonchev–Trinajstić information content (AvgIpc) is 2.67. The third kappa shape index (κ3) is 3.62. The highest BCUT2D eigenvalue weighted by Crippen LogP contribution is 2.01. The normalized spacial score (nSPS) is 12.4. The van der Waals surface area contributed by atoms with Crippen molar-refractivity contribution in [3.63, 3.8) is 0 Å². The van der Waals surface area contributed by atoms with Crippen molar-refractivity contribution in [3.8, 4) is 0 Å². The number of hydrogen-bond donors (Lipinski definition) is 2. The third-order valence-corrected chi connectivity index (χ3v) is 1.98. The fourth-order valence-electron chi connectivity index (χ4n) is 1.07. The molecule has 1 unspecified atom stereocenters. The fraction of sp³-hybridized carbons (Fsp3) is 0.500. The number of carbonyl (C=O) groups excluding carboxylic acids is 1. The zero-order valence-electron chi connectivity index (χ0n) is 8.32. The SMILES string of the molecule is CC(CN)CC(=O)NCc1ccco1. The van der Waals surface area contributed by atoms with E-state index in [0.717, 1.165) is 5.76 Å². The van der Waals surface area contributed by atoms with Crippen LogP contribution in [0.2, 0.25) is 0 Å².